The second-order valence-corrected chi connectivity index (χ2v) is 5.69. The average Bonchev–Trinajstić information content (AvgIpc) is 3.23. The van der Waals surface area contributed by atoms with E-state index in [1.165, 1.54) is 31.0 Å². The number of halogens is 2. The van der Waals surface area contributed by atoms with Gasteiger partial charge in [0.15, 0.2) is 0 Å². The summed E-state index contributed by atoms with van der Waals surface area (Å²) < 4.78 is 18.7. The van der Waals surface area contributed by atoms with Crippen LogP contribution >= 0.6 is 11.6 Å². The van der Waals surface area contributed by atoms with Crippen LogP contribution in [0.1, 0.15) is 24.1 Å². The molecule has 0 amide bonds. The van der Waals surface area contributed by atoms with Gasteiger partial charge in [-0.15, -0.1) is 0 Å². The van der Waals surface area contributed by atoms with Crippen LogP contribution in [-0.4, -0.2) is 11.0 Å². The highest BCUT2D eigenvalue weighted by Gasteiger charge is 2.20. The van der Waals surface area contributed by atoms with Crippen molar-refractivity contribution in [3.8, 4) is 11.6 Å². The van der Waals surface area contributed by atoms with Gasteiger partial charge in [-0.05, 0) is 49.6 Å². The van der Waals surface area contributed by atoms with Gasteiger partial charge < -0.3 is 10.1 Å². The third-order valence-corrected chi connectivity index (χ3v) is 3.57. The number of ether oxygens (including phenoxy) is 1. The molecule has 110 valence electrons. The number of hydrogen-bond acceptors (Lipinski definition) is 3. The van der Waals surface area contributed by atoms with Gasteiger partial charge in [-0.2, -0.15) is 0 Å². The van der Waals surface area contributed by atoms with E-state index in [4.69, 9.17) is 16.3 Å². The molecule has 1 heterocycles. The van der Waals surface area contributed by atoms with Gasteiger partial charge >= 0.3 is 0 Å². The van der Waals surface area contributed by atoms with Gasteiger partial charge in [0.05, 0.1) is 5.02 Å². The summed E-state index contributed by atoms with van der Waals surface area (Å²) in [6.07, 6.45) is 2.50. The first-order valence-corrected chi connectivity index (χ1v) is 7.32. The number of benzene rings is 1. The Morgan fingerprint density at radius 1 is 1.33 bits per heavy atom. The van der Waals surface area contributed by atoms with Crippen molar-refractivity contribution in [3.63, 3.8) is 0 Å². The smallest absolute Gasteiger partial charge is 0.219 e. The van der Waals surface area contributed by atoms with Gasteiger partial charge in [-0.1, -0.05) is 11.6 Å². The molecule has 0 saturated heterocycles. The van der Waals surface area contributed by atoms with E-state index in [2.05, 4.69) is 10.3 Å². The Kier molecular flexibility index (Phi) is 4.08. The highest BCUT2D eigenvalue weighted by atomic mass is 35.5. The van der Waals surface area contributed by atoms with Crippen LogP contribution in [0.25, 0.3) is 0 Å². The van der Waals surface area contributed by atoms with Crippen LogP contribution in [0.4, 0.5) is 4.39 Å². The lowest BCUT2D eigenvalue weighted by atomic mass is 10.2. The van der Waals surface area contributed by atoms with Crippen LogP contribution in [-0.2, 0) is 6.54 Å². The van der Waals surface area contributed by atoms with E-state index in [0.717, 1.165) is 17.8 Å². The maximum Gasteiger partial charge on any atom is 0.219 e. The molecular weight excluding hydrogens is 291 g/mol. The minimum Gasteiger partial charge on any atom is -0.437 e. The Balaban J connectivity index is 1.77. The Bertz CT molecular complexity index is 659. The van der Waals surface area contributed by atoms with E-state index in [1.54, 1.807) is 0 Å². The number of nitrogens with one attached hydrogen (secondary N) is 1. The van der Waals surface area contributed by atoms with Gasteiger partial charge in [0, 0.05) is 24.3 Å². The molecule has 2 aromatic rings. The minimum absolute atomic E-state index is 0.232. The first-order valence-electron chi connectivity index (χ1n) is 6.94. The second-order valence-electron chi connectivity index (χ2n) is 5.29. The molecule has 0 bridgehead atoms. The van der Waals surface area contributed by atoms with Crippen LogP contribution < -0.4 is 10.1 Å². The monoisotopic (exact) mass is 306 g/mol. The van der Waals surface area contributed by atoms with E-state index in [0.29, 0.717) is 17.7 Å². The first kappa shape index (κ1) is 14.3. The zero-order chi connectivity index (χ0) is 14.8. The van der Waals surface area contributed by atoms with E-state index in [1.807, 2.05) is 19.1 Å². The molecule has 1 N–H and O–H groups in total. The SMILES string of the molecule is Cc1cc(CNC2CC2)cc(Oc2ccc(F)cc2Cl)n1. The van der Waals surface area contributed by atoms with Gasteiger partial charge in [-0.25, -0.2) is 9.37 Å². The van der Waals surface area contributed by atoms with Crippen molar-refractivity contribution in [1.29, 1.82) is 0 Å². The Hall–Kier alpha value is -1.65. The molecule has 5 heteroatoms. The van der Waals surface area contributed by atoms with E-state index < -0.39 is 0 Å². The van der Waals surface area contributed by atoms with Gasteiger partial charge in [-0.3, -0.25) is 0 Å². The predicted octanol–water partition coefficient (Wildman–Crippen LogP) is 4.23. The Labute approximate surface area is 128 Å². The highest BCUT2D eigenvalue weighted by Crippen LogP contribution is 2.29. The molecule has 1 aromatic heterocycles. The maximum atomic E-state index is 13.0. The predicted molar refractivity (Wildman–Crippen MR) is 80.3 cm³/mol. The summed E-state index contributed by atoms with van der Waals surface area (Å²) in [5.74, 6) is 0.479. The van der Waals surface area contributed by atoms with Crippen LogP contribution in [0.5, 0.6) is 11.6 Å². The summed E-state index contributed by atoms with van der Waals surface area (Å²) in [6, 6.07) is 8.59. The fourth-order valence-electron chi connectivity index (χ4n) is 2.08. The molecule has 0 aliphatic heterocycles. The molecule has 0 radical (unpaired) electrons. The number of aromatic nitrogens is 1. The van der Waals surface area contributed by atoms with E-state index >= 15 is 0 Å². The number of pyridine rings is 1. The quantitative estimate of drug-likeness (QED) is 0.897. The molecule has 21 heavy (non-hydrogen) atoms. The number of aryl methyl sites for hydroxylation is 1. The van der Waals surface area contributed by atoms with Gasteiger partial charge in [0.1, 0.15) is 11.6 Å². The standard InChI is InChI=1S/C16H16ClFN2O/c1-10-6-11(9-19-13-3-4-13)7-16(20-10)21-15-5-2-12(18)8-14(15)17/h2,5-8,13,19H,3-4,9H2,1H3. The van der Waals surface area contributed by atoms with Crippen molar-refractivity contribution in [1.82, 2.24) is 10.3 Å². The Morgan fingerprint density at radius 3 is 2.86 bits per heavy atom. The third-order valence-electron chi connectivity index (χ3n) is 3.27. The van der Waals surface area contributed by atoms with Crippen LogP contribution in [0.2, 0.25) is 5.02 Å². The first-order chi connectivity index (χ1) is 10.1. The molecule has 3 nitrogen and oxygen atoms in total. The largest absolute Gasteiger partial charge is 0.437 e. The zero-order valence-corrected chi connectivity index (χ0v) is 12.5. The molecule has 1 aliphatic carbocycles. The van der Waals surface area contributed by atoms with E-state index in [-0.39, 0.29) is 10.8 Å². The Morgan fingerprint density at radius 2 is 2.14 bits per heavy atom. The summed E-state index contributed by atoms with van der Waals surface area (Å²) in [5.41, 5.74) is 1.99. The molecule has 3 rings (SSSR count). The number of rotatable bonds is 5. The summed E-state index contributed by atoms with van der Waals surface area (Å²) in [7, 11) is 0. The average molecular weight is 307 g/mol. The highest BCUT2D eigenvalue weighted by molar-refractivity contribution is 6.32. The van der Waals surface area contributed by atoms with Crippen molar-refractivity contribution >= 4 is 11.6 Å². The lowest BCUT2D eigenvalue weighted by molar-refractivity contribution is 0.459. The second kappa shape index (κ2) is 6.00. The normalized spacial score (nSPS) is 14.2. The molecule has 1 fully saturated rings. The molecule has 1 aromatic carbocycles. The summed E-state index contributed by atoms with van der Waals surface area (Å²) in [6.45, 7) is 2.71. The van der Waals surface area contributed by atoms with E-state index in [9.17, 15) is 4.39 Å². The van der Waals surface area contributed by atoms with Crippen LogP contribution in [0.3, 0.4) is 0 Å². The maximum absolute atomic E-state index is 13.0. The zero-order valence-electron chi connectivity index (χ0n) is 11.7. The van der Waals surface area contributed by atoms with Crippen molar-refractivity contribution in [2.75, 3.05) is 0 Å². The fourth-order valence-corrected chi connectivity index (χ4v) is 2.29. The van der Waals surface area contributed by atoms with Crippen molar-refractivity contribution < 1.29 is 9.13 Å². The lowest BCUT2D eigenvalue weighted by Crippen LogP contribution is -2.15. The molecule has 1 saturated carbocycles. The molecule has 0 atom stereocenters. The van der Waals surface area contributed by atoms with Crippen molar-refractivity contribution in [2.24, 2.45) is 0 Å². The van der Waals surface area contributed by atoms with Crippen molar-refractivity contribution in [2.45, 2.75) is 32.4 Å². The molecule has 0 unspecified atom stereocenters. The minimum atomic E-state index is -0.390. The van der Waals surface area contributed by atoms with Crippen LogP contribution in [0, 0.1) is 12.7 Å². The summed E-state index contributed by atoms with van der Waals surface area (Å²) >= 11 is 5.96. The number of hydrogen-bond donors (Lipinski definition) is 1. The van der Waals surface area contributed by atoms with Crippen LogP contribution in [0.15, 0.2) is 30.3 Å². The molecule has 0 spiro atoms. The van der Waals surface area contributed by atoms with Gasteiger partial charge in [0.2, 0.25) is 5.88 Å². The third kappa shape index (κ3) is 3.93. The number of nitrogens with zero attached hydrogens (tertiary/aromatic N) is 1. The van der Waals surface area contributed by atoms with Gasteiger partial charge in [0.25, 0.3) is 0 Å². The molecule has 1 aliphatic rings. The topological polar surface area (TPSA) is 34.1 Å². The van der Waals surface area contributed by atoms with Crippen molar-refractivity contribution in [3.05, 3.63) is 52.4 Å². The molecular formula is C16H16ClFN2O. The lowest BCUT2D eigenvalue weighted by Gasteiger charge is -2.10. The summed E-state index contributed by atoms with van der Waals surface area (Å²) in [5, 5.41) is 3.68. The summed E-state index contributed by atoms with van der Waals surface area (Å²) in [4.78, 5) is 4.33. The fraction of sp³-hybridized carbons (Fsp3) is 0.312.